The van der Waals surface area contributed by atoms with Crippen molar-refractivity contribution in [3.63, 3.8) is 0 Å². The van der Waals surface area contributed by atoms with Crippen molar-refractivity contribution in [3.8, 4) is 0 Å². The van der Waals surface area contributed by atoms with Gasteiger partial charge in [-0.25, -0.2) is 24.9 Å². The van der Waals surface area contributed by atoms with E-state index in [1.54, 1.807) is 0 Å². The molecule has 0 unspecified atom stereocenters. The minimum atomic E-state index is 0.371. The maximum atomic E-state index is 4.77. The van der Waals surface area contributed by atoms with E-state index in [2.05, 4.69) is 46.9 Å². The maximum absolute atomic E-state index is 4.77. The molecule has 3 aromatic rings. The highest BCUT2D eigenvalue weighted by Gasteiger charge is 2.23. The first-order chi connectivity index (χ1) is 14.7. The summed E-state index contributed by atoms with van der Waals surface area (Å²) in [5.74, 6) is 3.26. The number of likely N-dealkylation sites (tertiary alicyclic amines) is 1. The second-order valence-electron chi connectivity index (χ2n) is 7.30. The third kappa shape index (κ3) is 4.80. The average molecular weight is 406 g/mol. The largest absolute Gasteiger partial charge is 0.373 e. The molecule has 3 aromatic heterocycles. The van der Waals surface area contributed by atoms with E-state index >= 15 is 0 Å². The third-order valence-corrected chi connectivity index (χ3v) is 5.29. The molecule has 1 aliphatic heterocycles. The lowest BCUT2D eigenvalue weighted by molar-refractivity contribution is 0.198. The molecule has 3 N–H and O–H groups in total. The molecule has 4 rings (SSSR count). The first-order valence-electron chi connectivity index (χ1n) is 10.2. The summed E-state index contributed by atoms with van der Waals surface area (Å²) in [4.78, 5) is 24.4. The van der Waals surface area contributed by atoms with Gasteiger partial charge in [0.1, 0.15) is 23.8 Å². The Morgan fingerprint density at radius 3 is 2.80 bits per heavy atom. The molecule has 9 heteroatoms. The highest BCUT2D eigenvalue weighted by Crippen LogP contribution is 2.28. The fourth-order valence-corrected chi connectivity index (χ4v) is 3.81. The fraction of sp³-hybridized carbons (Fsp3) is 0.381. The van der Waals surface area contributed by atoms with Gasteiger partial charge in [0, 0.05) is 57.1 Å². The van der Waals surface area contributed by atoms with Crippen LogP contribution < -0.4 is 16.0 Å². The highest BCUT2D eigenvalue weighted by atomic mass is 15.2. The van der Waals surface area contributed by atoms with Crippen LogP contribution in [0.15, 0.2) is 43.0 Å². The predicted octanol–water partition coefficient (Wildman–Crippen LogP) is 2.87. The van der Waals surface area contributed by atoms with Crippen molar-refractivity contribution in [2.75, 3.05) is 43.1 Å². The smallest absolute Gasteiger partial charge is 0.228 e. The minimum Gasteiger partial charge on any atom is -0.373 e. The van der Waals surface area contributed by atoms with Gasteiger partial charge in [-0.05, 0) is 31.5 Å². The van der Waals surface area contributed by atoms with Gasteiger partial charge in [0.25, 0.3) is 0 Å². The molecule has 0 bridgehead atoms. The van der Waals surface area contributed by atoms with Crippen LogP contribution in [0.1, 0.15) is 30.0 Å². The van der Waals surface area contributed by atoms with Crippen LogP contribution in [-0.4, -0.2) is 57.0 Å². The SMILES string of the molecule is CNc1cc(Nc2nccc([C@H]3CCCN(Cc4cccnc4NC)C3)n2)ncn1. The number of hydrogen-bond donors (Lipinski definition) is 3. The van der Waals surface area contributed by atoms with Crippen LogP contribution in [0, 0.1) is 0 Å². The number of nitrogens with zero attached hydrogens (tertiary/aromatic N) is 6. The summed E-state index contributed by atoms with van der Waals surface area (Å²) >= 11 is 0. The van der Waals surface area contributed by atoms with E-state index in [1.807, 2.05) is 44.7 Å². The van der Waals surface area contributed by atoms with Gasteiger partial charge in [-0.2, -0.15) is 0 Å². The summed E-state index contributed by atoms with van der Waals surface area (Å²) in [6.45, 7) is 2.93. The molecule has 0 amide bonds. The quantitative estimate of drug-likeness (QED) is 0.547. The van der Waals surface area contributed by atoms with E-state index in [0.29, 0.717) is 17.7 Å². The molecule has 0 saturated carbocycles. The monoisotopic (exact) mass is 405 g/mol. The van der Waals surface area contributed by atoms with Gasteiger partial charge < -0.3 is 16.0 Å². The van der Waals surface area contributed by atoms with Gasteiger partial charge in [0.05, 0.1) is 5.69 Å². The van der Waals surface area contributed by atoms with E-state index in [-0.39, 0.29) is 0 Å². The number of rotatable bonds is 7. The van der Waals surface area contributed by atoms with Crippen LogP contribution in [0.5, 0.6) is 0 Å². The molecular formula is C21H27N9. The lowest BCUT2D eigenvalue weighted by atomic mass is 9.94. The van der Waals surface area contributed by atoms with Gasteiger partial charge in [-0.15, -0.1) is 0 Å². The molecule has 156 valence electrons. The van der Waals surface area contributed by atoms with E-state index in [9.17, 15) is 0 Å². The number of anilines is 4. The zero-order valence-corrected chi connectivity index (χ0v) is 17.3. The summed E-state index contributed by atoms with van der Waals surface area (Å²) in [5.41, 5.74) is 2.27. The molecule has 1 atom stereocenters. The van der Waals surface area contributed by atoms with Crippen molar-refractivity contribution < 1.29 is 0 Å². The average Bonchev–Trinajstić information content (AvgIpc) is 2.80. The normalized spacial score (nSPS) is 16.8. The summed E-state index contributed by atoms with van der Waals surface area (Å²) in [7, 11) is 3.74. The van der Waals surface area contributed by atoms with Crippen LogP contribution in [-0.2, 0) is 6.54 Å². The second kappa shape index (κ2) is 9.45. The topological polar surface area (TPSA) is 104 Å². The molecule has 1 aliphatic rings. The molecule has 0 aromatic carbocycles. The standard InChI is InChI=1S/C21H27N9/c1-22-18-11-19(27-14-26-18)29-21-25-9-7-17(28-21)15-6-4-10-30(12-15)13-16-5-3-8-24-20(16)23-2/h3,5,7-9,11,14-15H,4,6,10,12-13H2,1-2H3,(H,23,24)(H2,22,25,26,27,28,29)/t15-/m0/s1. The van der Waals surface area contributed by atoms with E-state index in [4.69, 9.17) is 4.98 Å². The Bertz CT molecular complexity index is 978. The van der Waals surface area contributed by atoms with Crippen molar-refractivity contribution in [2.45, 2.75) is 25.3 Å². The lowest BCUT2D eigenvalue weighted by Crippen LogP contribution is -2.34. The van der Waals surface area contributed by atoms with Crippen LogP contribution in [0.3, 0.4) is 0 Å². The van der Waals surface area contributed by atoms with Gasteiger partial charge >= 0.3 is 0 Å². The first kappa shape index (κ1) is 20.0. The van der Waals surface area contributed by atoms with E-state index < -0.39 is 0 Å². The molecule has 0 aliphatic carbocycles. The molecular weight excluding hydrogens is 378 g/mol. The van der Waals surface area contributed by atoms with Crippen molar-refractivity contribution in [1.82, 2.24) is 29.8 Å². The molecule has 1 saturated heterocycles. The zero-order valence-electron chi connectivity index (χ0n) is 17.3. The predicted molar refractivity (Wildman–Crippen MR) is 118 cm³/mol. The Labute approximate surface area is 176 Å². The maximum Gasteiger partial charge on any atom is 0.228 e. The number of piperidine rings is 1. The van der Waals surface area contributed by atoms with Crippen LogP contribution >= 0.6 is 0 Å². The Morgan fingerprint density at radius 1 is 1.03 bits per heavy atom. The van der Waals surface area contributed by atoms with Crippen molar-refractivity contribution in [1.29, 1.82) is 0 Å². The molecule has 30 heavy (non-hydrogen) atoms. The Balaban J connectivity index is 1.45. The van der Waals surface area contributed by atoms with E-state index in [1.165, 1.54) is 11.9 Å². The van der Waals surface area contributed by atoms with Crippen LogP contribution in [0.4, 0.5) is 23.4 Å². The number of pyridine rings is 1. The molecule has 4 heterocycles. The minimum absolute atomic E-state index is 0.371. The summed E-state index contributed by atoms with van der Waals surface area (Å²) in [6, 6.07) is 7.97. The lowest BCUT2D eigenvalue weighted by Gasteiger charge is -2.32. The van der Waals surface area contributed by atoms with Gasteiger partial charge in [-0.1, -0.05) is 6.07 Å². The van der Waals surface area contributed by atoms with Gasteiger partial charge in [0.15, 0.2) is 0 Å². The van der Waals surface area contributed by atoms with E-state index in [0.717, 1.165) is 49.8 Å². The Kier molecular flexibility index (Phi) is 6.29. The van der Waals surface area contributed by atoms with Crippen LogP contribution in [0.2, 0.25) is 0 Å². The summed E-state index contributed by atoms with van der Waals surface area (Å²) in [6.07, 6.45) is 7.40. The zero-order chi connectivity index (χ0) is 20.8. The van der Waals surface area contributed by atoms with Crippen molar-refractivity contribution >= 4 is 23.4 Å². The number of hydrogen-bond acceptors (Lipinski definition) is 9. The molecule has 0 radical (unpaired) electrons. The first-order valence-corrected chi connectivity index (χ1v) is 10.2. The van der Waals surface area contributed by atoms with Crippen molar-refractivity contribution in [3.05, 3.63) is 54.2 Å². The Morgan fingerprint density at radius 2 is 1.93 bits per heavy atom. The fourth-order valence-electron chi connectivity index (χ4n) is 3.81. The summed E-state index contributed by atoms with van der Waals surface area (Å²) < 4.78 is 0. The number of aromatic nitrogens is 5. The number of nitrogens with one attached hydrogen (secondary N) is 3. The molecule has 1 fully saturated rings. The summed E-state index contributed by atoms with van der Waals surface area (Å²) in [5, 5.41) is 9.37. The van der Waals surface area contributed by atoms with Gasteiger partial charge in [-0.3, -0.25) is 4.90 Å². The molecule has 0 spiro atoms. The third-order valence-electron chi connectivity index (χ3n) is 5.29. The Hall–Kier alpha value is -3.33. The second-order valence-corrected chi connectivity index (χ2v) is 7.30. The van der Waals surface area contributed by atoms with Crippen molar-refractivity contribution in [2.24, 2.45) is 0 Å². The van der Waals surface area contributed by atoms with Crippen LogP contribution in [0.25, 0.3) is 0 Å². The highest BCUT2D eigenvalue weighted by molar-refractivity contribution is 5.52. The molecule has 9 nitrogen and oxygen atoms in total. The van der Waals surface area contributed by atoms with Gasteiger partial charge in [0.2, 0.25) is 5.95 Å².